The van der Waals surface area contributed by atoms with Crippen LogP contribution in [0.15, 0.2) is 36.1 Å². The molecular weight excluding hydrogens is 158 g/mol. The summed E-state index contributed by atoms with van der Waals surface area (Å²) in [5, 5.41) is 0. The predicted octanol–water partition coefficient (Wildman–Crippen LogP) is 3.15. The van der Waals surface area contributed by atoms with Crippen molar-refractivity contribution in [3.8, 4) is 0 Å². The van der Waals surface area contributed by atoms with Gasteiger partial charge in [0, 0.05) is 5.41 Å². The zero-order valence-corrected chi connectivity index (χ0v) is 8.59. The van der Waals surface area contributed by atoms with Crippen LogP contribution in [0.4, 0.5) is 0 Å². The topological polar surface area (TPSA) is 26.0 Å². The minimum Gasteiger partial charge on any atom is -0.405 e. The Kier molecular flexibility index (Phi) is 3.35. The molecule has 0 aliphatic heterocycles. The molecule has 72 valence electrons. The Labute approximate surface area is 81.0 Å². The number of allylic oxidation sites excluding steroid dienone is 5. The molecule has 1 unspecified atom stereocenters. The standard InChI is InChI=1S/C12H19N/c1-3-11-5-7-12(4-2,8-6-11)9-10-13/h5-7,9-10H,3-4,8,13H2,1-2H3. The van der Waals surface area contributed by atoms with Crippen LogP contribution < -0.4 is 5.73 Å². The van der Waals surface area contributed by atoms with Gasteiger partial charge in [0.15, 0.2) is 0 Å². The third-order valence-electron chi connectivity index (χ3n) is 2.87. The van der Waals surface area contributed by atoms with Crippen molar-refractivity contribution in [1.29, 1.82) is 0 Å². The molecule has 0 amide bonds. The first kappa shape index (κ1) is 10.1. The Hall–Kier alpha value is -0.980. The molecule has 0 spiro atoms. The third kappa shape index (κ3) is 2.24. The Morgan fingerprint density at radius 1 is 1.54 bits per heavy atom. The summed E-state index contributed by atoms with van der Waals surface area (Å²) in [4.78, 5) is 0. The number of rotatable bonds is 3. The molecule has 0 bridgehead atoms. The van der Waals surface area contributed by atoms with Crippen molar-refractivity contribution >= 4 is 0 Å². The van der Waals surface area contributed by atoms with E-state index in [1.54, 1.807) is 6.20 Å². The van der Waals surface area contributed by atoms with Gasteiger partial charge in [0.05, 0.1) is 0 Å². The van der Waals surface area contributed by atoms with Crippen LogP contribution in [0.1, 0.15) is 33.1 Å². The maximum absolute atomic E-state index is 5.45. The maximum atomic E-state index is 5.45. The van der Waals surface area contributed by atoms with Crippen LogP contribution in [0.5, 0.6) is 0 Å². The number of nitrogens with two attached hydrogens (primary N) is 1. The van der Waals surface area contributed by atoms with E-state index in [-0.39, 0.29) is 5.41 Å². The van der Waals surface area contributed by atoms with Crippen molar-refractivity contribution in [2.24, 2.45) is 11.1 Å². The van der Waals surface area contributed by atoms with Gasteiger partial charge in [0.25, 0.3) is 0 Å². The second-order valence-corrected chi connectivity index (χ2v) is 3.62. The fourth-order valence-electron chi connectivity index (χ4n) is 1.69. The Bertz CT molecular complexity index is 248. The van der Waals surface area contributed by atoms with Crippen molar-refractivity contribution in [1.82, 2.24) is 0 Å². The lowest BCUT2D eigenvalue weighted by atomic mass is 9.77. The molecule has 0 radical (unpaired) electrons. The highest BCUT2D eigenvalue weighted by Crippen LogP contribution is 2.34. The zero-order chi connectivity index (χ0) is 9.73. The van der Waals surface area contributed by atoms with Crippen LogP contribution >= 0.6 is 0 Å². The summed E-state index contributed by atoms with van der Waals surface area (Å²) < 4.78 is 0. The van der Waals surface area contributed by atoms with E-state index >= 15 is 0 Å². The molecule has 0 aromatic carbocycles. The minimum atomic E-state index is 0.188. The van der Waals surface area contributed by atoms with Gasteiger partial charge >= 0.3 is 0 Å². The molecule has 1 aliphatic rings. The second-order valence-electron chi connectivity index (χ2n) is 3.62. The van der Waals surface area contributed by atoms with E-state index < -0.39 is 0 Å². The third-order valence-corrected chi connectivity index (χ3v) is 2.87. The molecule has 1 nitrogen and oxygen atoms in total. The largest absolute Gasteiger partial charge is 0.405 e. The fraction of sp³-hybridized carbons (Fsp3) is 0.500. The van der Waals surface area contributed by atoms with Crippen LogP contribution in [0.25, 0.3) is 0 Å². The smallest absolute Gasteiger partial charge is 0.0113 e. The first-order valence-corrected chi connectivity index (χ1v) is 5.04. The summed E-state index contributed by atoms with van der Waals surface area (Å²) in [6, 6.07) is 0. The summed E-state index contributed by atoms with van der Waals surface area (Å²) >= 11 is 0. The maximum Gasteiger partial charge on any atom is 0.0113 e. The second kappa shape index (κ2) is 4.31. The van der Waals surface area contributed by atoms with Crippen LogP contribution in [0.2, 0.25) is 0 Å². The molecule has 13 heavy (non-hydrogen) atoms. The van der Waals surface area contributed by atoms with E-state index in [0.29, 0.717) is 0 Å². The first-order valence-electron chi connectivity index (χ1n) is 5.04. The van der Waals surface area contributed by atoms with E-state index in [1.807, 2.05) is 0 Å². The van der Waals surface area contributed by atoms with Crippen LogP contribution in [0, 0.1) is 5.41 Å². The monoisotopic (exact) mass is 177 g/mol. The summed E-state index contributed by atoms with van der Waals surface area (Å²) in [6.07, 6.45) is 13.9. The summed E-state index contributed by atoms with van der Waals surface area (Å²) in [5.74, 6) is 0. The molecule has 0 aromatic rings. The number of hydrogen-bond donors (Lipinski definition) is 1. The molecule has 1 atom stereocenters. The lowest BCUT2D eigenvalue weighted by molar-refractivity contribution is 0.472. The Morgan fingerprint density at radius 3 is 2.69 bits per heavy atom. The fourth-order valence-corrected chi connectivity index (χ4v) is 1.69. The Morgan fingerprint density at radius 2 is 2.31 bits per heavy atom. The molecule has 1 rings (SSSR count). The van der Waals surface area contributed by atoms with Gasteiger partial charge < -0.3 is 5.73 Å². The molecular formula is C12H19N. The van der Waals surface area contributed by atoms with Crippen LogP contribution in [-0.2, 0) is 0 Å². The van der Waals surface area contributed by atoms with E-state index in [1.165, 1.54) is 5.57 Å². The molecule has 0 heterocycles. The zero-order valence-electron chi connectivity index (χ0n) is 8.59. The lowest BCUT2D eigenvalue weighted by Gasteiger charge is -2.27. The van der Waals surface area contributed by atoms with Crippen molar-refractivity contribution in [3.05, 3.63) is 36.1 Å². The van der Waals surface area contributed by atoms with E-state index in [9.17, 15) is 0 Å². The van der Waals surface area contributed by atoms with Crippen LogP contribution in [-0.4, -0.2) is 0 Å². The van der Waals surface area contributed by atoms with E-state index in [4.69, 9.17) is 5.73 Å². The molecule has 1 heteroatoms. The van der Waals surface area contributed by atoms with Crippen molar-refractivity contribution < 1.29 is 0 Å². The molecule has 0 fully saturated rings. The minimum absolute atomic E-state index is 0.188. The highest BCUT2D eigenvalue weighted by Gasteiger charge is 2.22. The Balaban J connectivity index is 2.76. The highest BCUT2D eigenvalue weighted by atomic mass is 14.5. The average molecular weight is 177 g/mol. The van der Waals surface area contributed by atoms with Gasteiger partial charge in [-0.15, -0.1) is 0 Å². The highest BCUT2D eigenvalue weighted by molar-refractivity contribution is 5.29. The van der Waals surface area contributed by atoms with Crippen LogP contribution in [0.3, 0.4) is 0 Å². The van der Waals surface area contributed by atoms with E-state index in [0.717, 1.165) is 19.3 Å². The lowest BCUT2D eigenvalue weighted by Crippen LogP contribution is -2.15. The first-order chi connectivity index (χ1) is 6.26. The van der Waals surface area contributed by atoms with Gasteiger partial charge in [0.1, 0.15) is 0 Å². The molecule has 0 aromatic heterocycles. The van der Waals surface area contributed by atoms with E-state index in [2.05, 4.69) is 38.2 Å². The van der Waals surface area contributed by atoms with Crippen molar-refractivity contribution in [2.75, 3.05) is 0 Å². The number of hydrogen-bond acceptors (Lipinski definition) is 1. The SMILES string of the molecule is CCC1=CCC(C=CN)(CC)C=C1. The van der Waals surface area contributed by atoms with Gasteiger partial charge in [0.2, 0.25) is 0 Å². The molecule has 1 aliphatic carbocycles. The van der Waals surface area contributed by atoms with Crippen molar-refractivity contribution in [3.63, 3.8) is 0 Å². The van der Waals surface area contributed by atoms with Gasteiger partial charge in [-0.25, -0.2) is 0 Å². The quantitative estimate of drug-likeness (QED) is 0.704. The van der Waals surface area contributed by atoms with Crippen molar-refractivity contribution in [2.45, 2.75) is 33.1 Å². The molecule has 0 saturated heterocycles. The summed E-state index contributed by atoms with van der Waals surface area (Å²) in [7, 11) is 0. The van der Waals surface area contributed by atoms with Gasteiger partial charge in [-0.3, -0.25) is 0 Å². The predicted molar refractivity (Wildman–Crippen MR) is 58.2 cm³/mol. The van der Waals surface area contributed by atoms with Gasteiger partial charge in [-0.2, -0.15) is 0 Å². The molecule has 2 N–H and O–H groups in total. The molecule has 0 saturated carbocycles. The van der Waals surface area contributed by atoms with Gasteiger partial charge in [-0.05, 0) is 25.5 Å². The van der Waals surface area contributed by atoms with Gasteiger partial charge in [-0.1, -0.05) is 43.7 Å². The summed E-state index contributed by atoms with van der Waals surface area (Å²) in [6.45, 7) is 4.39. The average Bonchev–Trinajstić information content (AvgIpc) is 2.19. The normalized spacial score (nSPS) is 28.0. The summed E-state index contributed by atoms with van der Waals surface area (Å²) in [5.41, 5.74) is 7.08.